The number of nitrogens with two attached hydrogens (primary N) is 1. The molecular weight excluding hydrogens is 238 g/mol. The number of nitrogen functional groups attached to an aromatic ring is 1. The molecule has 0 saturated carbocycles. The van der Waals surface area contributed by atoms with E-state index in [0.29, 0.717) is 23.2 Å². The predicted molar refractivity (Wildman–Crippen MR) is 67.1 cm³/mol. The first-order valence-corrected chi connectivity index (χ1v) is 6.14. The van der Waals surface area contributed by atoms with Gasteiger partial charge in [0, 0.05) is 30.2 Å². The van der Waals surface area contributed by atoms with Crippen molar-refractivity contribution in [2.75, 3.05) is 11.5 Å². The van der Waals surface area contributed by atoms with Crippen molar-refractivity contribution in [1.29, 1.82) is 0 Å². The lowest BCUT2D eigenvalue weighted by Gasteiger charge is -2.04. The zero-order chi connectivity index (χ0) is 12.3. The summed E-state index contributed by atoms with van der Waals surface area (Å²) in [6.07, 6.45) is 3.25. The summed E-state index contributed by atoms with van der Waals surface area (Å²) in [4.78, 5) is 15.6. The number of rotatable bonds is 4. The van der Waals surface area contributed by atoms with E-state index < -0.39 is 0 Å². The molecule has 0 spiro atoms. The van der Waals surface area contributed by atoms with Gasteiger partial charge in [0.25, 0.3) is 10.8 Å². The van der Waals surface area contributed by atoms with E-state index in [9.17, 15) is 4.79 Å². The van der Waals surface area contributed by atoms with E-state index in [1.165, 1.54) is 17.8 Å². The molecule has 0 amide bonds. The fraction of sp³-hybridized carbons (Fsp3) is 0.273. The number of aromatic nitrogens is 2. The fourth-order valence-electron chi connectivity index (χ4n) is 1.35. The summed E-state index contributed by atoms with van der Waals surface area (Å²) in [5.41, 5.74) is 7.00. The first kappa shape index (κ1) is 11.8. The Morgan fingerprint density at radius 1 is 1.53 bits per heavy atom. The molecule has 6 heteroatoms. The monoisotopic (exact) mass is 251 g/mol. The van der Waals surface area contributed by atoms with E-state index in [-0.39, 0.29) is 5.56 Å². The molecule has 0 radical (unpaired) electrons. The average molecular weight is 251 g/mol. The van der Waals surface area contributed by atoms with Gasteiger partial charge >= 0.3 is 0 Å². The Morgan fingerprint density at radius 3 is 3.06 bits per heavy atom. The molecule has 0 unspecified atom stereocenters. The third-order valence-electron chi connectivity index (χ3n) is 2.16. The van der Waals surface area contributed by atoms with Crippen LogP contribution in [0.15, 0.2) is 39.0 Å². The number of aryl methyl sites for hydroxylation is 2. The molecule has 0 aliphatic carbocycles. The van der Waals surface area contributed by atoms with Crippen LogP contribution in [-0.4, -0.2) is 15.3 Å². The maximum absolute atomic E-state index is 11.5. The minimum absolute atomic E-state index is 0.0524. The molecule has 2 heterocycles. The van der Waals surface area contributed by atoms with E-state index in [1.807, 2.05) is 6.92 Å². The van der Waals surface area contributed by atoms with Crippen LogP contribution < -0.4 is 11.3 Å². The van der Waals surface area contributed by atoms with Crippen molar-refractivity contribution >= 4 is 17.4 Å². The third-order valence-corrected chi connectivity index (χ3v) is 2.98. The van der Waals surface area contributed by atoms with Crippen molar-refractivity contribution in [3.05, 3.63) is 40.6 Å². The summed E-state index contributed by atoms with van der Waals surface area (Å²) in [6, 6.07) is 3.07. The molecule has 90 valence electrons. The molecule has 0 aliphatic rings. The summed E-state index contributed by atoms with van der Waals surface area (Å²) in [5.74, 6) is 0.712. The highest BCUT2D eigenvalue weighted by Crippen LogP contribution is 2.16. The Balaban J connectivity index is 1.94. The molecule has 0 aromatic carbocycles. The van der Waals surface area contributed by atoms with Gasteiger partial charge in [-0.15, -0.1) is 0 Å². The molecule has 2 rings (SSSR count). The molecule has 0 fully saturated rings. The molecule has 17 heavy (non-hydrogen) atoms. The predicted octanol–water partition coefficient (Wildman–Crippen LogP) is 1.52. The second kappa shape index (κ2) is 5.09. The number of pyridine rings is 1. The van der Waals surface area contributed by atoms with Gasteiger partial charge in [-0.2, -0.15) is 0 Å². The van der Waals surface area contributed by atoms with Crippen molar-refractivity contribution < 1.29 is 4.42 Å². The first-order chi connectivity index (χ1) is 8.15. The summed E-state index contributed by atoms with van der Waals surface area (Å²) < 4.78 is 6.78. The topological polar surface area (TPSA) is 74.1 Å². The van der Waals surface area contributed by atoms with Gasteiger partial charge in [-0.3, -0.25) is 4.79 Å². The maximum atomic E-state index is 11.5. The molecule has 0 saturated heterocycles. The third kappa shape index (κ3) is 3.13. The zero-order valence-electron chi connectivity index (χ0n) is 9.42. The number of anilines is 1. The van der Waals surface area contributed by atoms with Crippen LogP contribution >= 0.6 is 11.8 Å². The number of oxazole rings is 1. The van der Waals surface area contributed by atoms with Crippen molar-refractivity contribution in [3.63, 3.8) is 0 Å². The van der Waals surface area contributed by atoms with Gasteiger partial charge in [-0.25, -0.2) is 4.98 Å². The average Bonchev–Trinajstić information content (AvgIpc) is 2.69. The van der Waals surface area contributed by atoms with Gasteiger partial charge < -0.3 is 14.7 Å². The summed E-state index contributed by atoms with van der Waals surface area (Å²) in [5, 5.41) is 0.624. The van der Waals surface area contributed by atoms with E-state index in [4.69, 9.17) is 10.2 Å². The standard InChI is InChI=1S/C11H13N3O2S/c1-8-7-16-11(13-8)17-5-4-14-6-9(12)2-3-10(14)15/h2-3,6-7H,4-5,12H2,1H3. The number of nitrogens with zero attached hydrogens (tertiary/aromatic N) is 2. The van der Waals surface area contributed by atoms with Gasteiger partial charge in [0.05, 0.1) is 5.69 Å². The van der Waals surface area contributed by atoms with Crippen molar-refractivity contribution in [1.82, 2.24) is 9.55 Å². The van der Waals surface area contributed by atoms with Crippen LogP contribution in [0.25, 0.3) is 0 Å². The van der Waals surface area contributed by atoms with Crippen LogP contribution in [0.4, 0.5) is 5.69 Å². The van der Waals surface area contributed by atoms with Gasteiger partial charge in [-0.05, 0) is 13.0 Å². The molecular formula is C11H13N3O2S. The number of hydrogen-bond donors (Lipinski definition) is 1. The molecule has 2 N–H and O–H groups in total. The molecule has 0 atom stereocenters. The van der Waals surface area contributed by atoms with Gasteiger partial charge in [-0.1, -0.05) is 11.8 Å². The van der Waals surface area contributed by atoms with Crippen LogP contribution in [0.5, 0.6) is 0 Å². The maximum Gasteiger partial charge on any atom is 0.255 e. The lowest BCUT2D eigenvalue weighted by atomic mass is 10.4. The SMILES string of the molecule is Cc1coc(SCCn2cc(N)ccc2=O)n1. The smallest absolute Gasteiger partial charge is 0.255 e. The quantitative estimate of drug-likeness (QED) is 0.834. The van der Waals surface area contributed by atoms with E-state index in [2.05, 4.69) is 4.98 Å². The highest BCUT2D eigenvalue weighted by atomic mass is 32.2. The fourth-order valence-corrected chi connectivity index (χ4v) is 2.14. The van der Waals surface area contributed by atoms with Crippen molar-refractivity contribution in [2.24, 2.45) is 0 Å². The minimum atomic E-state index is -0.0524. The largest absolute Gasteiger partial charge is 0.440 e. The Kier molecular flexibility index (Phi) is 3.53. The Labute approximate surface area is 103 Å². The van der Waals surface area contributed by atoms with Crippen LogP contribution in [-0.2, 0) is 6.54 Å². The second-order valence-electron chi connectivity index (χ2n) is 3.60. The van der Waals surface area contributed by atoms with Gasteiger partial charge in [0.15, 0.2) is 0 Å². The summed E-state index contributed by atoms with van der Waals surface area (Å²) in [6.45, 7) is 2.45. The Hall–Kier alpha value is -1.69. The van der Waals surface area contributed by atoms with E-state index in [1.54, 1.807) is 23.1 Å². The second-order valence-corrected chi connectivity index (χ2v) is 4.64. The summed E-state index contributed by atoms with van der Waals surface area (Å²) in [7, 11) is 0. The van der Waals surface area contributed by atoms with Crippen LogP contribution in [0.2, 0.25) is 0 Å². The lowest BCUT2D eigenvalue weighted by molar-refractivity contribution is 0.453. The normalized spacial score (nSPS) is 10.6. The van der Waals surface area contributed by atoms with Crippen molar-refractivity contribution in [3.8, 4) is 0 Å². The van der Waals surface area contributed by atoms with Gasteiger partial charge in [0.2, 0.25) is 0 Å². The van der Waals surface area contributed by atoms with Crippen LogP contribution in [0.3, 0.4) is 0 Å². The van der Waals surface area contributed by atoms with Crippen LogP contribution in [0, 0.1) is 6.92 Å². The van der Waals surface area contributed by atoms with Crippen molar-refractivity contribution in [2.45, 2.75) is 18.7 Å². The number of hydrogen-bond acceptors (Lipinski definition) is 5. The first-order valence-electron chi connectivity index (χ1n) is 5.16. The lowest BCUT2D eigenvalue weighted by Crippen LogP contribution is -2.19. The molecule has 2 aromatic rings. The molecule has 5 nitrogen and oxygen atoms in total. The highest BCUT2D eigenvalue weighted by molar-refractivity contribution is 7.99. The molecule has 0 aliphatic heterocycles. The Morgan fingerprint density at radius 2 is 2.35 bits per heavy atom. The Bertz CT molecular complexity index is 562. The highest BCUT2D eigenvalue weighted by Gasteiger charge is 2.02. The minimum Gasteiger partial charge on any atom is -0.440 e. The van der Waals surface area contributed by atoms with Gasteiger partial charge in [0.1, 0.15) is 6.26 Å². The molecule has 2 aromatic heterocycles. The zero-order valence-corrected chi connectivity index (χ0v) is 10.2. The van der Waals surface area contributed by atoms with Crippen LogP contribution in [0.1, 0.15) is 5.69 Å². The summed E-state index contributed by atoms with van der Waals surface area (Å²) >= 11 is 1.47. The van der Waals surface area contributed by atoms with E-state index in [0.717, 1.165) is 5.69 Å². The molecule has 0 bridgehead atoms. The number of thioether (sulfide) groups is 1. The van der Waals surface area contributed by atoms with E-state index >= 15 is 0 Å².